The molecule has 0 bridgehead atoms. The zero-order valence-electron chi connectivity index (χ0n) is 20.3. The average Bonchev–Trinajstić information content (AvgIpc) is 3.43. The third-order valence-electron chi connectivity index (χ3n) is 7.25. The lowest BCUT2D eigenvalue weighted by atomic mass is 9.85. The molecule has 0 unspecified atom stereocenters. The van der Waals surface area contributed by atoms with Gasteiger partial charge in [0.2, 0.25) is 0 Å². The second kappa shape index (κ2) is 10.2. The Bertz CT molecular complexity index is 1210. The first kappa shape index (κ1) is 24.1. The topological polar surface area (TPSA) is 81.8 Å². The number of hydrogen-bond donors (Lipinski definition) is 1. The molecule has 2 aliphatic heterocycles. The first-order valence-electron chi connectivity index (χ1n) is 12.2. The summed E-state index contributed by atoms with van der Waals surface area (Å²) in [5.74, 6) is -0.410. The van der Waals surface area contributed by atoms with Gasteiger partial charge in [-0.1, -0.05) is 30.3 Å². The maximum atomic E-state index is 13.6. The van der Waals surface area contributed by atoms with E-state index in [1.165, 1.54) is 17.0 Å². The van der Waals surface area contributed by atoms with Crippen LogP contribution in [-0.4, -0.2) is 75.7 Å². The van der Waals surface area contributed by atoms with Crippen molar-refractivity contribution in [3.63, 3.8) is 0 Å². The van der Waals surface area contributed by atoms with Gasteiger partial charge >= 0.3 is 6.03 Å². The highest BCUT2D eigenvalue weighted by molar-refractivity contribution is 6.07. The first-order valence-corrected chi connectivity index (χ1v) is 12.2. The van der Waals surface area contributed by atoms with Gasteiger partial charge in [-0.05, 0) is 42.7 Å². The molecule has 1 aromatic heterocycles. The van der Waals surface area contributed by atoms with E-state index in [4.69, 9.17) is 4.74 Å². The van der Waals surface area contributed by atoms with Gasteiger partial charge in [0.05, 0.1) is 25.0 Å². The number of nitrogens with one attached hydrogen (secondary N) is 1. The Kier molecular flexibility index (Phi) is 6.84. The number of carbonyl (C=O) groups excluding carboxylic acids is 2. The van der Waals surface area contributed by atoms with Crippen LogP contribution in [0, 0.1) is 5.82 Å². The van der Waals surface area contributed by atoms with Gasteiger partial charge in [-0.3, -0.25) is 19.7 Å². The fourth-order valence-corrected chi connectivity index (χ4v) is 5.25. The molecule has 9 heteroatoms. The molecule has 0 aliphatic carbocycles. The van der Waals surface area contributed by atoms with Crippen molar-refractivity contribution in [2.24, 2.45) is 0 Å². The molecule has 1 spiro atoms. The molecule has 0 saturated carbocycles. The smallest absolute Gasteiger partial charge is 0.328 e. The minimum absolute atomic E-state index is 0.129. The molecule has 5 rings (SSSR count). The fourth-order valence-electron chi connectivity index (χ4n) is 5.25. The van der Waals surface area contributed by atoms with E-state index >= 15 is 0 Å². The van der Waals surface area contributed by atoms with Gasteiger partial charge in [0.1, 0.15) is 11.4 Å². The number of aromatic nitrogens is 2. The highest BCUT2D eigenvalue weighted by Crippen LogP contribution is 2.39. The number of methoxy groups -OCH3 is 1. The Balaban J connectivity index is 1.33. The van der Waals surface area contributed by atoms with Crippen LogP contribution < -0.4 is 0 Å². The number of benzene rings is 2. The normalized spacial score (nSPS) is 17.9. The second-order valence-corrected chi connectivity index (χ2v) is 9.39. The van der Waals surface area contributed by atoms with Gasteiger partial charge < -0.3 is 9.64 Å². The van der Waals surface area contributed by atoms with E-state index in [-0.39, 0.29) is 24.3 Å². The van der Waals surface area contributed by atoms with E-state index in [2.05, 4.69) is 15.1 Å². The quantitative estimate of drug-likeness (QED) is 0.487. The van der Waals surface area contributed by atoms with Crippen molar-refractivity contribution < 1.29 is 18.7 Å². The van der Waals surface area contributed by atoms with Crippen molar-refractivity contribution in [1.29, 1.82) is 0 Å². The summed E-state index contributed by atoms with van der Waals surface area (Å²) >= 11 is 0. The summed E-state index contributed by atoms with van der Waals surface area (Å²) in [6.45, 7) is 2.93. The van der Waals surface area contributed by atoms with Gasteiger partial charge in [-0.15, -0.1) is 0 Å². The summed E-state index contributed by atoms with van der Waals surface area (Å²) < 4.78 is 18.5. The number of H-pyrrole nitrogens is 1. The van der Waals surface area contributed by atoms with E-state index in [1.54, 1.807) is 30.3 Å². The lowest BCUT2D eigenvalue weighted by Crippen LogP contribution is -2.56. The van der Waals surface area contributed by atoms with Crippen LogP contribution in [0.15, 0.2) is 60.8 Å². The number of urea groups is 1. The minimum Gasteiger partial charge on any atom is -0.383 e. The molecule has 3 aromatic rings. The summed E-state index contributed by atoms with van der Waals surface area (Å²) in [6.07, 6.45) is 2.90. The summed E-state index contributed by atoms with van der Waals surface area (Å²) in [5.41, 5.74) is 2.88. The van der Waals surface area contributed by atoms with E-state index in [0.717, 1.165) is 22.4 Å². The Hall–Kier alpha value is -3.56. The number of likely N-dealkylation sites (tertiary alicyclic amines) is 1. The molecule has 1 N–H and O–H groups in total. The second-order valence-electron chi connectivity index (χ2n) is 9.39. The van der Waals surface area contributed by atoms with Crippen LogP contribution in [-0.2, 0) is 22.6 Å². The molecular weight excluding hydrogens is 461 g/mol. The Morgan fingerprint density at radius 1 is 1.03 bits per heavy atom. The molecule has 2 aliphatic rings. The van der Waals surface area contributed by atoms with Crippen LogP contribution in [0.25, 0.3) is 11.3 Å². The predicted molar refractivity (Wildman–Crippen MR) is 132 cm³/mol. The number of piperidine rings is 1. The number of hydrogen-bond acceptors (Lipinski definition) is 5. The molecule has 8 nitrogen and oxygen atoms in total. The number of amides is 3. The zero-order chi connectivity index (χ0) is 25.1. The number of aromatic amines is 1. The molecule has 2 fully saturated rings. The van der Waals surface area contributed by atoms with Crippen molar-refractivity contribution in [2.45, 2.75) is 31.5 Å². The average molecular weight is 492 g/mol. The van der Waals surface area contributed by atoms with Gasteiger partial charge in [-0.2, -0.15) is 5.10 Å². The zero-order valence-corrected chi connectivity index (χ0v) is 20.3. The molecule has 2 saturated heterocycles. The lowest BCUT2D eigenvalue weighted by Gasteiger charge is -2.42. The number of imide groups is 1. The molecule has 2 aromatic carbocycles. The van der Waals surface area contributed by atoms with Crippen molar-refractivity contribution in [2.75, 3.05) is 33.4 Å². The van der Waals surface area contributed by atoms with E-state index in [9.17, 15) is 14.0 Å². The van der Waals surface area contributed by atoms with Gasteiger partial charge in [-0.25, -0.2) is 9.18 Å². The molecule has 3 heterocycles. The van der Waals surface area contributed by atoms with Crippen LogP contribution in [0.4, 0.5) is 9.18 Å². The number of halogens is 1. The Labute approximate surface area is 209 Å². The monoisotopic (exact) mass is 491 g/mol. The molecule has 3 amide bonds. The molecule has 0 atom stereocenters. The maximum absolute atomic E-state index is 13.6. The first-order chi connectivity index (χ1) is 17.5. The third kappa shape index (κ3) is 4.52. The molecule has 0 radical (unpaired) electrons. The molecule has 188 valence electrons. The summed E-state index contributed by atoms with van der Waals surface area (Å²) in [4.78, 5) is 32.4. The van der Waals surface area contributed by atoms with E-state index in [0.29, 0.717) is 45.6 Å². The fraction of sp³-hybridized carbons (Fsp3) is 0.370. The van der Waals surface area contributed by atoms with Crippen molar-refractivity contribution in [3.05, 3.63) is 77.7 Å². The number of nitrogens with zero attached hydrogens (tertiary/aromatic N) is 4. The predicted octanol–water partition coefficient (Wildman–Crippen LogP) is 3.66. The summed E-state index contributed by atoms with van der Waals surface area (Å²) in [6, 6.07) is 15.9. The van der Waals surface area contributed by atoms with Crippen LogP contribution in [0.2, 0.25) is 0 Å². The van der Waals surface area contributed by atoms with Gasteiger partial charge in [0.25, 0.3) is 5.91 Å². The third-order valence-corrected chi connectivity index (χ3v) is 7.25. The van der Waals surface area contributed by atoms with Crippen LogP contribution in [0.1, 0.15) is 24.0 Å². The van der Waals surface area contributed by atoms with E-state index in [1.807, 2.05) is 30.3 Å². The maximum Gasteiger partial charge on any atom is 0.328 e. The van der Waals surface area contributed by atoms with Gasteiger partial charge in [0, 0.05) is 44.4 Å². The summed E-state index contributed by atoms with van der Waals surface area (Å²) in [7, 11) is 1.57. The Morgan fingerprint density at radius 2 is 1.75 bits per heavy atom. The van der Waals surface area contributed by atoms with Crippen molar-refractivity contribution in [3.8, 4) is 11.3 Å². The van der Waals surface area contributed by atoms with Crippen molar-refractivity contribution in [1.82, 2.24) is 24.9 Å². The van der Waals surface area contributed by atoms with Gasteiger partial charge in [0.15, 0.2) is 0 Å². The number of rotatable bonds is 8. The Morgan fingerprint density at radius 3 is 2.44 bits per heavy atom. The SMILES string of the molecule is COCCN1C(=O)N(Cc2ccccc2)C2(CCN(Cc3cn[nH]c3-c3ccc(F)cc3)CC2)C1=O. The number of carbonyl (C=O) groups is 2. The van der Waals surface area contributed by atoms with Crippen molar-refractivity contribution >= 4 is 11.9 Å². The van der Waals surface area contributed by atoms with Crippen LogP contribution in [0.5, 0.6) is 0 Å². The van der Waals surface area contributed by atoms with E-state index < -0.39 is 5.54 Å². The standard InChI is InChI=1S/C27H30FN5O3/c1-36-16-15-32-25(34)27(33(26(32)35)18-20-5-3-2-4-6-20)11-13-31(14-12-27)19-22-17-29-30-24(22)21-7-9-23(28)10-8-21/h2-10,17H,11-16,18-19H2,1H3,(H,29,30). The highest BCUT2D eigenvalue weighted by Gasteiger charge is 2.57. The molecule has 36 heavy (non-hydrogen) atoms. The molecular formula is C27H30FN5O3. The minimum atomic E-state index is -0.854. The lowest BCUT2D eigenvalue weighted by molar-refractivity contribution is -0.136. The number of ether oxygens (including phenoxy) is 1. The largest absolute Gasteiger partial charge is 0.383 e. The highest BCUT2D eigenvalue weighted by atomic mass is 19.1. The van der Waals surface area contributed by atoms with Crippen LogP contribution >= 0.6 is 0 Å². The summed E-state index contributed by atoms with van der Waals surface area (Å²) in [5, 5.41) is 7.23. The van der Waals surface area contributed by atoms with Crippen LogP contribution in [0.3, 0.4) is 0 Å².